The smallest absolute Gasteiger partial charge is 0.408 e. The summed E-state index contributed by atoms with van der Waals surface area (Å²) in [6.45, 7) is 7.20. The molecule has 1 heterocycles. The van der Waals surface area contributed by atoms with E-state index in [-0.39, 0.29) is 6.04 Å². The zero-order valence-corrected chi connectivity index (χ0v) is 11.1. The quantitative estimate of drug-likeness (QED) is 0.879. The van der Waals surface area contributed by atoms with Crippen molar-refractivity contribution >= 4 is 17.4 Å². The highest BCUT2D eigenvalue weighted by Gasteiger charge is 2.19. The predicted octanol–water partition coefficient (Wildman–Crippen LogP) is 2.60. The van der Waals surface area contributed by atoms with Crippen LogP contribution < -0.4 is 5.32 Å². The molecule has 0 aromatic carbocycles. The highest BCUT2D eigenvalue weighted by atomic mass is 32.1. The molecule has 1 atom stereocenters. The largest absolute Gasteiger partial charge is 0.444 e. The van der Waals surface area contributed by atoms with E-state index in [0.717, 1.165) is 0 Å². The highest BCUT2D eigenvalue weighted by Crippen LogP contribution is 2.18. The number of hydrogen-bond acceptors (Lipinski definition) is 5. The second-order valence-corrected chi connectivity index (χ2v) is 5.44. The fourth-order valence-electron chi connectivity index (χ4n) is 1.08. The maximum absolute atomic E-state index is 11.5. The van der Waals surface area contributed by atoms with Crippen LogP contribution >= 0.6 is 11.3 Å². The SMILES string of the molecule is CC(NC(=O)OC(C)(C)C)c1nc(C#N)cs1. The zero-order chi connectivity index (χ0) is 13.1. The Hall–Kier alpha value is -1.61. The van der Waals surface area contributed by atoms with Gasteiger partial charge in [0.1, 0.15) is 16.7 Å². The van der Waals surface area contributed by atoms with Gasteiger partial charge in [-0.15, -0.1) is 11.3 Å². The second-order valence-electron chi connectivity index (χ2n) is 4.55. The number of carbonyl (C=O) groups is 1. The molecule has 1 unspecified atom stereocenters. The summed E-state index contributed by atoms with van der Waals surface area (Å²) in [5.74, 6) is 0. The monoisotopic (exact) mass is 253 g/mol. The first-order chi connectivity index (χ1) is 7.81. The molecule has 1 amide bonds. The summed E-state index contributed by atoms with van der Waals surface area (Å²) < 4.78 is 5.12. The van der Waals surface area contributed by atoms with Crippen LogP contribution in [-0.2, 0) is 4.74 Å². The fourth-order valence-corrected chi connectivity index (χ4v) is 1.84. The van der Waals surface area contributed by atoms with Gasteiger partial charge in [-0.2, -0.15) is 5.26 Å². The van der Waals surface area contributed by atoms with Crippen LogP contribution in [0.1, 0.15) is 44.4 Å². The van der Waals surface area contributed by atoms with Crippen molar-refractivity contribution in [1.82, 2.24) is 10.3 Å². The lowest BCUT2D eigenvalue weighted by Gasteiger charge is -2.21. The molecule has 0 aliphatic rings. The minimum atomic E-state index is -0.523. The molecule has 0 aliphatic carbocycles. The molecule has 17 heavy (non-hydrogen) atoms. The van der Waals surface area contributed by atoms with Crippen LogP contribution in [0.4, 0.5) is 4.79 Å². The molecule has 0 saturated heterocycles. The molecule has 0 saturated carbocycles. The molecular weight excluding hydrogens is 238 g/mol. The lowest BCUT2D eigenvalue weighted by Crippen LogP contribution is -2.34. The molecule has 0 aliphatic heterocycles. The van der Waals surface area contributed by atoms with Crippen molar-refractivity contribution in [3.63, 3.8) is 0 Å². The van der Waals surface area contributed by atoms with Crippen LogP contribution in [0.3, 0.4) is 0 Å². The molecule has 5 nitrogen and oxygen atoms in total. The molecule has 1 aromatic heterocycles. The summed E-state index contributed by atoms with van der Waals surface area (Å²) in [7, 11) is 0. The van der Waals surface area contributed by atoms with Crippen molar-refractivity contribution in [2.75, 3.05) is 0 Å². The van der Waals surface area contributed by atoms with Crippen LogP contribution in [0.25, 0.3) is 0 Å². The topological polar surface area (TPSA) is 75.0 Å². The van der Waals surface area contributed by atoms with Crippen molar-refractivity contribution < 1.29 is 9.53 Å². The summed E-state index contributed by atoms with van der Waals surface area (Å²) in [6, 6.07) is 1.68. The van der Waals surface area contributed by atoms with E-state index in [1.807, 2.05) is 6.07 Å². The maximum atomic E-state index is 11.5. The van der Waals surface area contributed by atoms with Crippen molar-refractivity contribution in [1.29, 1.82) is 5.26 Å². The minimum absolute atomic E-state index is 0.267. The van der Waals surface area contributed by atoms with Crippen LogP contribution in [0, 0.1) is 11.3 Å². The number of ether oxygens (including phenoxy) is 1. The Morgan fingerprint density at radius 1 is 1.65 bits per heavy atom. The average molecular weight is 253 g/mol. The van der Waals surface area contributed by atoms with Crippen LogP contribution in [0.2, 0.25) is 0 Å². The predicted molar refractivity (Wildman–Crippen MR) is 64.6 cm³/mol. The third-order valence-electron chi connectivity index (χ3n) is 1.74. The number of nitriles is 1. The molecule has 0 spiro atoms. The number of alkyl carbamates (subject to hydrolysis) is 1. The van der Waals surface area contributed by atoms with Gasteiger partial charge < -0.3 is 10.1 Å². The van der Waals surface area contributed by atoms with Crippen molar-refractivity contribution in [3.05, 3.63) is 16.1 Å². The molecular formula is C11H15N3O2S. The maximum Gasteiger partial charge on any atom is 0.408 e. The van der Waals surface area contributed by atoms with E-state index in [1.165, 1.54) is 11.3 Å². The second kappa shape index (κ2) is 5.15. The summed E-state index contributed by atoms with van der Waals surface area (Å²) >= 11 is 1.34. The Morgan fingerprint density at radius 3 is 2.76 bits per heavy atom. The Bertz CT molecular complexity index is 442. The van der Waals surface area contributed by atoms with Crippen molar-refractivity contribution in [2.24, 2.45) is 0 Å². The number of thiazole rings is 1. The molecule has 0 bridgehead atoms. The van der Waals surface area contributed by atoms with Gasteiger partial charge in [-0.1, -0.05) is 0 Å². The third-order valence-corrected chi connectivity index (χ3v) is 2.77. The first kappa shape index (κ1) is 13.5. The van der Waals surface area contributed by atoms with Gasteiger partial charge in [-0.05, 0) is 27.7 Å². The lowest BCUT2D eigenvalue weighted by atomic mass is 10.2. The van der Waals surface area contributed by atoms with E-state index < -0.39 is 11.7 Å². The van der Waals surface area contributed by atoms with Gasteiger partial charge in [0.15, 0.2) is 5.69 Å². The van der Waals surface area contributed by atoms with Gasteiger partial charge >= 0.3 is 6.09 Å². The Morgan fingerprint density at radius 2 is 2.29 bits per heavy atom. The number of rotatable bonds is 2. The summed E-state index contributed by atoms with van der Waals surface area (Å²) in [5, 5.41) is 13.7. The minimum Gasteiger partial charge on any atom is -0.444 e. The van der Waals surface area contributed by atoms with Crippen LogP contribution in [0.15, 0.2) is 5.38 Å². The fraction of sp³-hybridized carbons (Fsp3) is 0.545. The third kappa shape index (κ3) is 4.41. The number of nitrogens with one attached hydrogen (secondary N) is 1. The molecule has 1 N–H and O–H groups in total. The number of amides is 1. The van der Waals surface area contributed by atoms with E-state index in [0.29, 0.717) is 10.7 Å². The molecule has 0 fully saturated rings. The van der Waals surface area contributed by atoms with Gasteiger partial charge in [0.05, 0.1) is 6.04 Å². The molecule has 0 radical (unpaired) electrons. The Balaban J connectivity index is 2.58. The number of hydrogen-bond donors (Lipinski definition) is 1. The van der Waals surface area contributed by atoms with E-state index in [9.17, 15) is 4.79 Å². The van der Waals surface area contributed by atoms with Crippen molar-refractivity contribution in [2.45, 2.75) is 39.3 Å². The summed E-state index contributed by atoms with van der Waals surface area (Å²) in [5.41, 5.74) is -0.160. The Kier molecular flexibility index (Phi) is 4.07. The van der Waals surface area contributed by atoms with E-state index >= 15 is 0 Å². The molecule has 6 heteroatoms. The first-order valence-corrected chi connectivity index (χ1v) is 6.05. The van der Waals surface area contributed by atoms with E-state index in [1.54, 1.807) is 33.1 Å². The van der Waals surface area contributed by atoms with Gasteiger partial charge in [-0.25, -0.2) is 9.78 Å². The van der Waals surface area contributed by atoms with Gasteiger partial charge in [-0.3, -0.25) is 0 Å². The summed E-state index contributed by atoms with van der Waals surface area (Å²) in [4.78, 5) is 15.6. The Labute approximate surface area is 104 Å². The van der Waals surface area contributed by atoms with E-state index in [4.69, 9.17) is 10.00 Å². The summed E-state index contributed by atoms with van der Waals surface area (Å²) in [6.07, 6.45) is -0.487. The lowest BCUT2D eigenvalue weighted by molar-refractivity contribution is 0.0508. The number of nitrogens with zero attached hydrogens (tertiary/aromatic N) is 2. The normalized spacial score (nSPS) is 12.6. The van der Waals surface area contributed by atoms with E-state index in [2.05, 4.69) is 10.3 Å². The van der Waals surface area contributed by atoms with Crippen LogP contribution in [-0.4, -0.2) is 16.7 Å². The van der Waals surface area contributed by atoms with Crippen molar-refractivity contribution in [3.8, 4) is 6.07 Å². The number of carbonyl (C=O) groups excluding carboxylic acids is 1. The number of aromatic nitrogens is 1. The van der Waals surface area contributed by atoms with Crippen LogP contribution in [0.5, 0.6) is 0 Å². The molecule has 92 valence electrons. The van der Waals surface area contributed by atoms with Gasteiger partial charge in [0, 0.05) is 5.38 Å². The highest BCUT2D eigenvalue weighted by molar-refractivity contribution is 7.09. The van der Waals surface area contributed by atoms with Gasteiger partial charge in [0.25, 0.3) is 0 Å². The van der Waals surface area contributed by atoms with Gasteiger partial charge in [0.2, 0.25) is 0 Å². The molecule has 1 aromatic rings. The standard InChI is InChI=1S/C11H15N3O2S/c1-7(9-14-8(5-12)6-17-9)13-10(15)16-11(2,3)4/h6-7H,1-4H3,(H,13,15). The first-order valence-electron chi connectivity index (χ1n) is 5.17. The average Bonchev–Trinajstić information content (AvgIpc) is 2.62. The molecule has 1 rings (SSSR count). The zero-order valence-electron chi connectivity index (χ0n) is 10.3.